The molecule has 5 nitrogen and oxygen atoms in total. The lowest BCUT2D eigenvalue weighted by Crippen LogP contribution is -2.18. The van der Waals surface area contributed by atoms with Crippen molar-refractivity contribution in [3.8, 4) is 0 Å². The third-order valence-electron chi connectivity index (χ3n) is 2.66. The van der Waals surface area contributed by atoms with Crippen LogP contribution in [0.4, 0.5) is 24.8 Å². The highest BCUT2D eigenvalue weighted by Gasteiger charge is 2.38. The van der Waals surface area contributed by atoms with Gasteiger partial charge in [0.1, 0.15) is 5.56 Å². The van der Waals surface area contributed by atoms with E-state index in [1.807, 2.05) is 22.6 Å². The Morgan fingerprint density at radius 3 is 2.70 bits per heavy atom. The van der Waals surface area contributed by atoms with E-state index in [9.17, 15) is 18.0 Å². The largest absolute Gasteiger partial charge is 0.465 e. The first-order chi connectivity index (χ1) is 10.7. The van der Waals surface area contributed by atoms with Crippen molar-refractivity contribution in [1.82, 2.24) is 9.97 Å². The maximum Gasteiger partial charge on any atom is 0.434 e. The number of hydrogen-bond acceptors (Lipinski definition) is 5. The number of esters is 1. The predicted octanol–water partition coefficient (Wildman–Crippen LogP) is 4.28. The molecule has 1 heterocycles. The number of nitrogens with one attached hydrogen (secondary N) is 1. The molecule has 0 aliphatic heterocycles. The number of rotatable bonds is 3. The van der Waals surface area contributed by atoms with Crippen LogP contribution < -0.4 is 5.32 Å². The Kier molecular flexibility index (Phi) is 5.30. The molecule has 0 saturated carbocycles. The molecule has 0 amide bonds. The topological polar surface area (TPSA) is 64.1 Å². The van der Waals surface area contributed by atoms with E-state index in [1.54, 1.807) is 18.2 Å². The number of methoxy groups -OCH3 is 1. The smallest absolute Gasteiger partial charge is 0.434 e. The summed E-state index contributed by atoms with van der Waals surface area (Å²) in [4.78, 5) is 18.5. The zero-order chi connectivity index (χ0) is 17.2. The van der Waals surface area contributed by atoms with E-state index in [1.165, 1.54) is 0 Å². The summed E-state index contributed by atoms with van der Waals surface area (Å²) in [5.41, 5.74) is -1.81. The van der Waals surface area contributed by atoms with Crippen molar-refractivity contribution in [2.75, 3.05) is 12.4 Å². The van der Waals surface area contributed by atoms with E-state index in [0.29, 0.717) is 14.3 Å². The second-order valence-corrected chi connectivity index (χ2v) is 5.71. The van der Waals surface area contributed by atoms with E-state index >= 15 is 0 Å². The molecule has 0 radical (unpaired) electrons. The van der Waals surface area contributed by atoms with E-state index in [4.69, 9.17) is 11.6 Å². The molecule has 0 saturated heterocycles. The van der Waals surface area contributed by atoms with Gasteiger partial charge in [-0.2, -0.15) is 13.2 Å². The van der Waals surface area contributed by atoms with Crippen molar-refractivity contribution in [1.29, 1.82) is 0 Å². The quantitative estimate of drug-likeness (QED) is 0.551. The second-order valence-electron chi connectivity index (χ2n) is 4.17. The molecule has 0 bridgehead atoms. The van der Waals surface area contributed by atoms with Crippen molar-refractivity contribution in [3.05, 3.63) is 44.2 Å². The number of nitrogens with zero attached hydrogens (tertiary/aromatic N) is 2. The molecule has 1 aromatic carbocycles. The molecule has 2 rings (SSSR count). The fourth-order valence-corrected chi connectivity index (χ4v) is 2.31. The maximum atomic E-state index is 13.1. The molecule has 0 atom stereocenters. The average molecular weight is 458 g/mol. The minimum atomic E-state index is -4.84. The van der Waals surface area contributed by atoms with Crippen molar-refractivity contribution in [2.24, 2.45) is 0 Å². The number of ether oxygens (including phenoxy) is 1. The molecule has 1 N–H and O–H groups in total. The van der Waals surface area contributed by atoms with Gasteiger partial charge >= 0.3 is 12.1 Å². The van der Waals surface area contributed by atoms with Gasteiger partial charge in [0.25, 0.3) is 0 Å². The van der Waals surface area contributed by atoms with Gasteiger partial charge in [0.2, 0.25) is 5.95 Å². The number of aromatic nitrogens is 2. The Morgan fingerprint density at radius 1 is 1.39 bits per heavy atom. The fourth-order valence-electron chi connectivity index (χ4n) is 1.64. The molecule has 0 unspecified atom stereocenters. The first-order valence-corrected chi connectivity index (χ1v) is 7.43. The van der Waals surface area contributed by atoms with Crippen LogP contribution >= 0.6 is 34.2 Å². The van der Waals surface area contributed by atoms with Crippen molar-refractivity contribution < 1.29 is 22.7 Å². The Bertz CT molecular complexity index is 756. The summed E-state index contributed by atoms with van der Waals surface area (Å²) in [5.74, 6) is -1.51. The lowest BCUT2D eigenvalue weighted by atomic mass is 10.2. The van der Waals surface area contributed by atoms with Crippen LogP contribution in [0.15, 0.2) is 24.4 Å². The zero-order valence-corrected chi connectivity index (χ0v) is 14.3. The molecule has 10 heteroatoms. The highest BCUT2D eigenvalue weighted by Crippen LogP contribution is 2.33. The van der Waals surface area contributed by atoms with Crippen LogP contribution in [0, 0.1) is 3.57 Å². The first-order valence-electron chi connectivity index (χ1n) is 5.97. The van der Waals surface area contributed by atoms with Crippen LogP contribution in [-0.4, -0.2) is 23.0 Å². The van der Waals surface area contributed by atoms with Gasteiger partial charge in [0.05, 0.1) is 17.8 Å². The molecule has 0 aliphatic rings. The second kappa shape index (κ2) is 6.87. The summed E-state index contributed by atoms with van der Waals surface area (Å²) < 4.78 is 44.2. The summed E-state index contributed by atoms with van der Waals surface area (Å²) in [6.45, 7) is 0. The molecule has 2 aromatic rings. The summed E-state index contributed by atoms with van der Waals surface area (Å²) in [6, 6.07) is 4.97. The lowest BCUT2D eigenvalue weighted by Gasteiger charge is -2.13. The van der Waals surface area contributed by atoms with Crippen LogP contribution in [0.25, 0.3) is 0 Å². The third-order valence-corrected chi connectivity index (χ3v) is 4.29. The molecular weight excluding hydrogens is 450 g/mol. The summed E-state index contributed by atoms with van der Waals surface area (Å²) >= 11 is 8.03. The SMILES string of the molecule is COC(=O)c1cnc(Nc2cccc(I)c2Cl)nc1C(F)(F)F. The highest BCUT2D eigenvalue weighted by molar-refractivity contribution is 14.1. The monoisotopic (exact) mass is 457 g/mol. The number of anilines is 2. The standard InChI is InChI=1S/C13H8ClF3IN3O2/c1-23-11(22)6-5-19-12(21-10(6)13(15,16)17)20-8-4-2-3-7(18)9(8)14/h2-5H,1H3,(H,19,20,21). The van der Waals surface area contributed by atoms with Gasteiger partial charge in [-0.1, -0.05) is 17.7 Å². The van der Waals surface area contributed by atoms with Crippen LogP contribution in [0.5, 0.6) is 0 Å². The molecule has 23 heavy (non-hydrogen) atoms. The number of alkyl halides is 3. The van der Waals surface area contributed by atoms with E-state index in [2.05, 4.69) is 20.0 Å². The van der Waals surface area contributed by atoms with Crippen molar-refractivity contribution in [2.45, 2.75) is 6.18 Å². The van der Waals surface area contributed by atoms with Crippen LogP contribution in [0.2, 0.25) is 5.02 Å². The van der Waals surface area contributed by atoms with Gasteiger partial charge in [-0.05, 0) is 34.7 Å². The Balaban J connectivity index is 2.45. The number of benzene rings is 1. The summed E-state index contributed by atoms with van der Waals surface area (Å²) in [6.07, 6.45) is -4.08. The molecule has 122 valence electrons. The first kappa shape index (κ1) is 17.7. The van der Waals surface area contributed by atoms with Gasteiger partial charge in [0, 0.05) is 9.77 Å². The van der Waals surface area contributed by atoms with Gasteiger partial charge in [-0.25, -0.2) is 14.8 Å². The highest BCUT2D eigenvalue weighted by atomic mass is 127. The Morgan fingerprint density at radius 2 is 2.09 bits per heavy atom. The molecule has 1 aromatic heterocycles. The lowest BCUT2D eigenvalue weighted by molar-refractivity contribution is -0.141. The fraction of sp³-hybridized carbons (Fsp3) is 0.154. The number of carbonyl (C=O) groups is 1. The zero-order valence-electron chi connectivity index (χ0n) is 11.4. The van der Waals surface area contributed by atoms with E-state index in [-0.39, 0.29) is 5.95 Å². The maximum absolute atomic E-state index is 13.1. The Hall–Kier alpha value is -1.62. The minimum Gasteiger partial charge on any atom is -0.465 e. The summed E-state index contributed by atoms with van der Waals surface area (Å²) in [5, 5.41) is 2.92. The van der Waals surface area contributed by atoms with Gasteiger partial charge in [-0.15, -0.1) is 0 Å². The summed E-state index contributed by atoms with van der Waals surface area (Å²) in [7, 11) is 0.973. The normalized spacial score (nSPS) is 11.2. The predicted molar refractivity (Wildman–Crippen MR) is 85.8 cm³/mol. The number of hydrogen-bond donors (Lipinski definition) is 1. The van der Waals surface area contributed by atoms with Gasteiger partial charge in [0.15, 0.2) is 5.69 Å². The van der Waals surface area contributed by atoms with Gasteiger partial charge < -0.3 is 10.1 Å². The number of carbonyl (C=O) groups excluding carboxylic acids is 1. The molecule has 0 spiro atoms. The number of halogens is 5. The Labute approximate surface area is 147 Å². The molecular formula is C13H8ClF3IN3O2. The van der Waals surface area contributed by atoms with Crippen LogP contribution in [0.1, 0.15) is 16.1 Å². The van der Waals surface area contributed by atoms with Crippen LogP contribution in [-0.2, 0) is 10.9 Å². The van der Waals surface area contributed by atoms with Gasteiger partial charge in [-0.3, -0.25) is 0 Å². The van der Waals surface area contributed by atoms with E-state index < -0.39 is 23.4 Å². The van der Waals surface area contributed by atoms with E-state index in [0.717, 1.165) is 13.3 Å². The van der Waals surface area contributed by atoms with Crippen LogP contribution in [0.3, 0.4) is 0 Å². The third kappa shape index (κ3) is 4.02. The van der Waals surface area contributed by atoms with Crippen molar-refractivity contribution in [3.63, 3.8) is 0 Å². The average Bonchev–Trinajstić information content (AvgIpc) is 2.50. The minimum absolute atomic E-state index is 0.322. The molecule has 0 aliphatic carbocycles. The van der Waals surface area contributed by atoms with Crippen molar-refractivity contribution >= 4 is 51.8 Å². The molecule has 0 fully saturated rings.